The highest BCUT2D eigenvalue weighted by atomic mass is 35.5. The Morgan fingerprint density at radius 3 is 1.93 bits per heavy atom. The van der Waals surface area contributed by atoms with E-state index >= 15 is 0 Å². The molecule has 0 unspecified atom stereocenters. The average molecular weight is 460 g/mol. The molecule has 0 heterocycles. The quantitative estimate of drug-likeness (QED) is 0.384. The van der Waals surface area contributed by atoms with Crippen molar-refractivity contribution in [1.82, 2.24) is 0 Å². The van der Waals surface area contributed by atoms with Gasteiger partial charge in [0.1, 0.15) is 5.75 Å². The van der Waals surface area contributed by atoms with Gasteiger partial charge in [-0.25, -0.2) is 4.79 Å². The highest BCUT2D eigenvalue weighted by Crippen LogP contribution is 2.45. The van der Waals surface area contributed by atoms with Gasteiger partial charge < -0.3 is 8.92 Å². The Kier molecular flexibility index (Phi) is 6.52. The molecule has 0 radical (unpaired) electrons. The normalized spacial score (nSPS) is 11.5. The van der Waals surface area contributed by atoms with Crippen molar-refractivity contribution in [3.63, 3.8) is 0 Å². The Hall–Kier alpha value is -1.28. The molecule has 10 heteroatoms. The standard InChI is InChI=1S/C17H12Cl3F3O3S/c1-6-7(2)14(8(3)12(13(6)20)16(24)26-27)25-15-10(18)4-9(5-11(15)19)17(21,22)23/h4-5,27H,1-3H3. The van der Waals surface area contributed by atoms with Gasteiger partial charge in [-0.15, -0.1) is 0 Å². The molecular formula is C17H12Cl3F3O3S. The Morgan fingerprint density at radius 2 is 1.48 bits per heavy atom. The van der Waals surface area contributed by atoms with E-state index in [1.54, 1.807) is 20.8 Å². The van der Waals surface area contributed by atoms with Crippen molar-refractivity contribution in [3.05, 3.63) is 55.0 Å². The Labute approximate surface area is 173 Å². The zero-order chi connectivity index (χ0) is 20.7. The van der Waals surface area contributed by atoms with Gasteiger partial charge in [0.25, 0.3) is 0 Å². The average Bonchev–Trinajstić information content (AvgIpc) is 2.57. The molecule has 0 saturated carbocycles. The molecule has 0 aliphatic carbocycles. The summed E-state index contributed by atoms with van der Waals surface area (Å²) in [7, 11) is 0. The third-order valence-electron chi connectivity index (χ3n) is 3.98. The molecule has 0 atom stereocenters. The van der Waals surface area contributed by atoms with E-state index in [0.717, 1.165) is 0 Å². The van der Waals surface area contributed by atoms with E-state index < -0.39 is 17.7 Å². The van der Waals surface area contributed by atoms with Crippen molar-refractivity contribution >= 4 is 53.7 Å². The van der Waals surface area contributed by atoms with Crippen LogP contribution in [-0.2, 0) is 10.4 Å². The molecule has 0 fully saturated rings. The monoisotopic (exact) mass is 458 g/mol. The van der Waals surface area contributed by atoms with E-state index in [4.69, 9.17) is 39.5 Å². The lowest BCUT2D eigenvalue weighted by Gasteiger charge is -2.20. The molecule has 27 heavy (non-hydrogen) atoms. The van der Waals surface area contributed by atoms with Crippen molar-refractivity contribution in [1.29, 1.82) is 0 Å². The number of carbonyl (C=O) groups excluding carboxylic acids is 1. The summed E-state index contributed by atoms with van der Waals surface area (Å²) < 4.78 is 48.8. The minimum Gasteiger partial charge on any atom is -0.454 e. The van der Waals surface area contributed by atoms with Gasteiger partial charge in [-0.1, -0.05) is 34.8 Å². The Balaban J connectivity index is 2.65. The van der Waals surface area contributed by atoms with Crippen LogP contribution in [0.5, 0.6) is 11.5 Å². The second-order valence-corrected chi connectivity index (χ2v) is 7.02. The number of carbonyl (C=O) groups is 1. The second-order valence-electron chi connectivity index (χ2n) is 5.64. The number of hydrogen-bond acceptors (Lipinski definition) is 4. The summed E-state index contributed by atoms with van der Waals surface area (Å²) >= 11 is 21.6. The summed E-state index contributed by atoms with van der Waals surface area (Å²) in [5, 5.41) is -0.514. The van der Waals surface area contributed by atoms with Crippen molar-refractivity contribution in [2.24, 2.45) is 0 Å². The summed E-state index contributed by atoms with van der Waals surface area (Å²) in [6, 6.07) is 1.41. The first-order valence-corrected chi connectivity index (χ1v) is 8.79. The SMILES string of the molecule is Cc1c(C)c(Oc2c(Cl)cc(C(F)(F)F)cc2Cl)c(C)c(C(=O)OS)c1Cl. The van der Waals surface area contributed by atoms with Crippen LogP contribution in [0, 0.1) is 20.8 Å². The maximum absolute atomic E-state index is 12.9. The van der Waals surface area contributed by atoms with E-state index in [1.165, 1.54) is 0 Å². The van der Waals surface area contributed by atoms with Crippen LogP contribution in [0.15, 0.2) is 12.1 Å². The highest BCUT2D eigenvalue weighted by molar-refractivity contribution is 7.75. The van der Waals surface area contributed by atoms with Crippen LogP contribution < -0.4 is 4.74 Å². The maximum Gasteiger partial charge on any atom is 0.416 e. The summed E-state index contributed by atoms with van der Waals surface area (Å²) in [5.41, 5.74) is 0.383. The first-order chi connectivity index (χ1) is 12.4. The van der Waals surface area contributed by atoms with Crippen molar-refractivity contribution in [3.8, 4) is 11.5 Å². The minimum absolute atomic E-state index is 0.0175. The van der Waals surface area contributed by atoms with Crippen LogP contribution in [0.2, 0.25) is 15.1 Å². The molecule has 2 rings (SSSR count). The largest absolute Gasteiger partial charge is 0.454 e. The summed E-state index contributed by atoms with van der Waals surface area (Å²) in [5.74, 6) is -0.808. The molecule has 0 amide bonds. The highest BCUT2D eigenvalue weighted by Gasteiger charge is 2.33. The molecule has 3 nitrogen and oxygen atoms in total. The molecule has 0 N–H and O–H groups in total. The summed E-state index contributed by atoms with van der Waals surface area (Å²) in [4.78, 5) is 12.0. The van der Waals surface area contributed by atoms with Gasteiger partial charge in [-0.2, -0.15) is 13.2 Å². The fraction of sp³-hybridized carbons (Fsp3) is 0.235. The molecule has 0 aliphatic heterocycles. The van der Waals surface area contributed by atoms with Gasteiger partial charge >= 0.3 is 12.1 Å². The van der Waals surface area contributed by atoms with Gasteiger partial charge in [-0.3, -0.25) is 0 Å². The van der Waals surface area contributed by atoms with Gasteiger partial charge in [0.2, 0.25) is 0 Å². The van der Waals surface area contributed by atoms with Crippen LogP contribution in [0.1, 0.15) is 32.6 Å². The fourth-order valence-electron chi connectivity index (χ4n) is 2.45. The first-order valence-electron chi connectivity index (χ1n) is 7.29. The van der Waals surface area contributed by atoms with E-state index in [1.807, 2.05) is 0 Å². The first kappa shape index (κ1) is 22.0. The molecule has 0 bridgehead atoms. The van der Waals surface area contributed by atoms with Crippen LogP contribution in [0.25, 0.3) is 0 Å². The third-order valence-corrected chi connectivity index (χ3v) is 5.18. The number of rotatable bonds is 3. The predicted octanol–water partition coefficient (Wildman–Crippen LogP) is 7.38. The maximum atomic E-state index is 12.9. The second kappa shape index (κ2) is 7.99. The lowest BCUT2D eigenvalue weighted by Crippen LogP contribution is -2.08. The van der Waals surface area contributed by atoms with Crippen LogP contribution in [0.3, 0.4) is 0 Å². The predicted molar refractivity (Wildman–Crippen MR) is 102 cm³/mol. The number of ether oxygens (including phenoxy) is 1. The van der Waals surface area contributed by atoms with Crippen LogP contribution in [-0.4, -0.2) is 5.97 Å². The third kappa shape index (κ3) is 4.26. The lowest BCUT2D eigenvalue weighted by atomic mass is 9.99. The fourth-order valence-corrected chi connectivity index (χ4v) is 3.46. The van der Waals surface area contributed by atoms with Crippen LogP contribution in [0.4, 0.5) is 13.2 Å². The minimum atomic E-state index is -4.61. The lowest BCUT2D eigenvalue weighted by molar-refractivity contribution is -0.137. The zero-order valence-corrected chi connectivity index (χ0v) is 17.3. The molecule has 2 aromatic rings. The number of thiol groups is 1. The molecule has 2 aromatic carbocycles. The van der Waals surface area contributed by atoms with Gasteiger partial charge in [0.15, 0.2) is 5.75 Å². The molecule has 146 valence electrons. The number of alkyl halides is 3. The van der Waals surface area contributed by atoms with E-state index in [-0.39, 0.29) is 32.1 Å². The summed E-state index contributed by atoms with van der Waals surface area (Å²) in [6.45, 7) is 4.86. The Morgan fingerprint density at radius 1 is 0.963 bits per heavy atom. The van der Waals surface area contributed by atoms with E-state index in [9.17, 15) is 18.0 Å². The molecule has 0 aliphatic rings. The van der Waals surface area contributed by atoms with Crippen molar-refractivity contribution in [2.75, 3.05) is 0 Å². The topological polar surface area (TPSA) is 35.5 Å². The van der Waals surface area contributed by atoms with E-state index in [2.05, 4.69) is 17.1 Å². The number of halogens is 6. The summed E-state index contributed by atoms with van der Waals surface area (Å²) in [6.07, 6.45) is -4.61. The van der Waals surface area contributed by atoms with Crippen molar-refractivity contribution in [2.45, 2.75) is 26.9 Å². The number of hydrogen-bond donors (Lipinski definition) is 1. The van der Waals surface area contributed by atoms with E-state index in [0.29, 0.717) is 28.8 Å². The van der Waals surface area contributed by atoms with Gasteiger partial charge in [-0.05, 0) is 44.0 Å². The molecule has 0 spiro atoms. The van der Waals surface area contributed by atoms with Crippen molar-refractivity contribution < 1.29 is 26.9 Å². The smallest absolute Gasteiger partial charge is 0.416 e. The van der Waals surface area contributed by atoms with Gasteiger partial charge in [0.05, 0.1) is 26.2 Å². The zero-order valence-electron chi connectivity index (χ0n) is 14.1. The van der Waals surface area contributed by atoms with Crippen LogP contribution >= 0.6 is 47.7 Å². The molecule has 0 saturated heterocycles. The molecule has 0 aromatic heterocycles. The Bertz CT molecular complexity index is 907. The van der Waals surface area contributed by atoms with Gasteiger partial charge in [0, 0.05) is 18.5 Å². The number of benzene rings is 2. The molecular weight excluding hydrogens is 448 g/mol.